The summed E-state index contributed by atoms with van der Waals surface area (Å²) < 4.78 is 0. The highest BCUT2D eigenvalue weighted by atomic mass is 16.3. The van der Waals surface area contributed by atoms with Crippen molar-refractivity contribution in [1.82, 2.24) is 4.90 Å². The van der Waals surface area contributed by atoms with Crippen LogP contribution in [0.15, 0.2) is 60.7 Å². The molecule has 22 heavy (non-hydrogen) atoms. The number of benzene rings is 2. The molecule has 0 saturated carbocycles. The lowest BCUT2D eigenvalue weighted by atomic mass is 9.72. The third-order valence-electron chi connectivity index (χ3n) is 4.63. The Labute approximate surface area is 131 Å². The molecule has 1 heterocycles. The van der Waals surface area contributed by atoms with Crippen molar-refractivity contribution in [3.63, 3.8) is 0 Å². The van der Waals surface area contributed by atoms with Gasteiger partial charge in [0.05, 0.1) is 6.10 Å². The topological polar surface area (TPSA) is 43.7 Å². The minimum absolute atomic E-state index is 0.0500. The van der Waals surface area contributed by atoms with Gasteiger partial charge in [-0.05, 0) is 24.6 Å². The van der Waals surface area contributed by atoms with E-state index in [1.165, 1.54) is 0 Å². The number of nitrogens with zero attached hydrogens (tertiary/aromatic N) is 1. The van der Waals surface area contributed by atoms with Crippen molar-refractivity contribution in [1.29, 1.82) is 0 Å². The van der Waals surface area contributed by atoms with Crippen molar-refractivity contribution >= 4 is 0 Å². The average Bonchev–Trinajstić information content (AvgIpc) is 2.55. The summed E-state index contributed by atoms with van der Waals surface area (Å²) >= 11 is 0. The van der Waals surface area contributed by atoms with E-state index in [-0.39, 0.29) is 5.92 Å². The third-order valence-corrected chi connectivity index (χ3v) is 4.63. The molecule has 1 saturated heterocycles. The van der Waals surface area contributed by atoms with E-state index in [2.05, 4.69) is 4.90 Å². The van der Waals surface area contributed by atoms with Crippen molar-refractivity contribution in [2.24, 2.45) is 5.92 Å². The fourth-order valence-electron chi connectivity index (χ4n) is 3.61. The number of likely N-dealkylation sites (tertiary alicyclic amines) is 1. The van der Waals surface area contributed by atoms with Crippen LogP contribution in [0.3, 0.4) is 0 Å². The summed E-state index contributed by atoms with van der Waals surface area (Å²) in [6.45, 7) is 1.42. The van der Waals surface area contributed by atoms with E-state index in [1.54, 1.807) is 0 Å². The molecule has 3 rings (SSSR count). The smallest absolute Gasteiger partial charge is 0.119 e. The van der Waals surface area contributed by atoms with E-state index in [0.717, 1.165) is 17.7 Å². The zero-order valence-corrected chi connectivity index (χ0v) is 12.9. The molecule has 0 unspecified atom stereocenters. The van der Waals surface area contributed by atoms with Crippen LogP contribution in [0, 0.1) is 5.92 Å². The maximum atomic E-state index is 11.7. The van der Waals surface area contributed by atoms with Crippen molar-refractivity contribution in [2.45, 2.75) is 18.1 Å². The normalized spacial score (nSPS) is 23.4. The molecule has 1 fully saturated rings. The fraction of sp³-hybridized carbons (Fsp3) is 0.368. The van der Waals surface area contributed by atoms with E-state index >= 15 is 0 Å². The first-order valence-corrected chi connectivity index (χ1v) is 7.80. The van der Waals surface area contributed by atoms with Crippen LogP contribution in [0.25, 0.3) is 0 Å². The van der Waals surface area contributed by atoms with Gasteiger partial charge in [-0.3, -0.25) is 0 Å². The Morgan fingerprint density at radius 2 is 1.41 bits per heavy atom. The molecule has 116 valence electrons. The van der Waals surface area contributed by atoms with Gasteiger partial charge in [0.1, 0.15) is 5.60 Å². The molecule has 2 aromatic rings. The molecule has 3 heteroatoms. The van der Waals surface area contributed by atoms with Crippen LogP contribution in [0.4, 0.5) is 0 Å². The maximum absolute atomic E-state index is 11.7. The van der Waals surface area contributed by atoms with Crippen molar-refractivity contribution in [3.8, 4) is 0 Å². The van der Waals surface area contributed by atoms with Crippen molar-refractivity contribution in [3.05, 3.63) is 71.8 Å². The van der Waals surface area contributed by atoms with Gasteiger partial charge in [-0.1, -0.05) is 60.7 Å². The van der Waals surface area contributed by atoms with E-state index in [4.69, 9.17) is 0 Å². The first-order chi connectivity index (χ1) is 10.6. The van der Waals surface area contributed by atoms with Gasteiger partial charge in [0.25, 0.3) is 0 Å². The fourth-order valence-corrected chi connectivity index (χ4v) is 3.61. The van der Waals surface area contributed by atoms with Gasteiger partial charge in [-0.2, -0.15) is 0 Å². The van der Waals surface area contributed by atoms with Gasteiger partial charge in [0.2, 0.25) is 0 Å². The zero-order valence-electron chi connectivity index (χ0n) is 12.9. The molecule has 0 amide bonds. The number of likely N-dealkylation sites (N-methyl/N-ethyl adjacent to an activating group) is 1. The number of rotatable bonds is 3. The van der Waals surface area contributed by atoms with Gasteiger partial charge in [0.15, 0.2) is 0 Å². The highest BCUT2D eigenvalue weighted by Crippen LogP contribution is 2.40. The summed E-state index contributed by atoms with van der Waals surface area (Å²) in [4.78, 5) is 2.09. The Balaban J connectivity index is 2.07. The lowest BCUT2D eigenvalue weighted by molar-refractivity contribution is -0.0507. The lowest BCUT2D eigenvalue weighted by Crippen LogP contribution is -2.50. The molecule has 1 aliphatic rings. The van der Waals surface area contributed by atoms with Crippen LogP contribution in [-0.2, 0) is 5.60 Å². The van der Waals surface area contributed by atoms with E-state index in [1.807, 2.05) is 67.7 Å². The Hall–Kier alpha value is -1.68. The van der Waals surface area contributed by atoms with Gasteiger partial charge < -0.3 is 15.1 Å². The molecule has 0 aromatic heterocycles. The van der Waals surface area contributed by atoms with Gasteiger partial charge >= 0.3 is 0 Å². The molecule has 0 aliphatic carbocycles. The van der Waals surface area contributed by atoms with E-state index in [0.29, 0.717) is 13.0 Å². The average molecular weight is 297 g/mol. The minimum atomic E-state index is -1.09. The zero-order chi connectivity index (χ0) is 15.6. The monoisotopic (exact) mass is 297 g/mol. The van der Waals surface area contributed by atoms with Crippen LogP contribution in [0.2, 0.25) is 0 Å². The largest absolute Gasteiger partial charge is 0.392 e. The number of piperidine rings is 1. The standard InChI is InChI=1S/C19H23NO2/c1-20-13-17(12-18(21)14-20)19(22,15-8-4-2-5-9-15)16-10-6-3-7-11-16/h2-11,17-18,21-22H,12-14H2,1H3/t17-,18-/m1/s1. The second-order valence-electron chi connectivity index (χ2n) is 6.31. The SMILES string of the molecule is CN1C[C@H](O)C[C@@H](C(O)(c2ccccc2)c2ccccc2)C1. The van der Waals surface area contributed by atoms with Crippen molar-refractivity contribution in [2.75, 3.05) is 20.1 Å². The number of hydrogen-bond acceptors (Lipinski definition) is 3. The van der Waals surface area contributed by atoms with Crippen LogP contribution in [-0.4, -0.2) is 41.4 Å². The molecule has 0 spiro atoms. The van der Waals surface area contributed by atoms with Crippen LogP contribution < -0.4 is 0 Å². The molecule has 0 bridgehead atoms. The van der Waals surface area contributed by atoms with Gasteiger partial charge in [0, 0.05) is 19.0 Å². The molecule has 1 aliphatic heterocycles. The van der Waals surface area contributed by atoms with Gasteiger partial charge in [-0.25, -0.2) is 0 Å². The molecular weight excluding hydrogens is 274 g/mol. The number of aliphatic hydroxyl groups is 2. The van der Waals surface area contributed by atoms with Crippen LogP contribution in [0.1, 0.15) is 17.5 Å². The predicted molar refractivity (Wildman–Crippen MR) is 87.5 cm³/mol. The highest BCUT2D eigenvalue weighted by Gasteiger charge is 2.43. The summed E-state index contributed by atoms with van der Waals surface area (Å²) in [6.07, 6.45) is 0.202. The molecule has 2 aromatic carbocycles. The molecule has 0 radical (unpaired) electrons. The molecule has 2 atom stereocenters. The van der Waals surface area contributed by atoms with E-state index < -0.39 is 11.7 Å². The molecule has 3 nitrogen and oxygen atoms in total. The van der Waals surface area contributed by atoms with Gasteiger partial charge in [-0.15, -0.1) is 0 Å². The quantitative estimate of drug-likeness (QED) is 0.913. The molecular formula is C19H23NO2. The Morgan fingerprint density at radius 1 is 0.909 bits per heavy atom. The van der Waals surface area contributed by atoms with Crippen LogP contribution >= 0.6 is 0 Å². The second kappa shape index (κ2) is 6.21. The Bertz CT molecular complexity index is 550. The summed E-state index contributed by atoms with van der Waals surface area (Å²) in [7, 11) is 1.99. The first kappa shape index (κ1) is 15.2. The van der Waals surface area contributed by atoms with Crippen LogP contribution in [0.5, 0.6) is 0 Å². The predicted octanol–water partition coefficient (Wildman–Crippen LogP) is 2.24. The summed E-state index contributed by atoms with van der Waals surface area (Å²) in [6, 6.07) is 19.6. The van der Waals surface area contributed by atoms with Crippen molar-refractivity contribution < 1.29 is 10.2 Å². The second-order valence-corrected chi connectivity index (χ2v) is 6.31. The Morgan fingerprint density at radius 3 is 1.86 bits per heavy atom. The highest BCUT2D eigenvalue weighted by molar-refractivity contribution is 5.37. The first-order valence-electron chi connectivity index (χ1n) is 7.80. The number of β-amino-alcohol motifs (C(OH)–C–C–N with tert-alkyl or cyclic N) is 1. The maximum Gasteiger partial charge on any atom is 0.119 e. The summed E-state index contributed by atoms with van der Waals surface area (Å²) in [5.41, 5.74) is 0.681. The summed E-state index contributed by atoms with van der Waals surface area (Å²) in [5.74, 6) is -0.0500. The lowest BCUT2D eigenvalue weighted by Gasteiger charge is -2.43. The Kier molecular flexibility index (Phi) is 4.30. The molecule has 2 N–H and O–H groups in total. The number of hydrogen-bond donors (Lipinski definition) is 2. The minimum Gasteiger partial charge on any atom is -0.392 e. The summed E-state index contributed by atoms with van der Waals surface area (Å²) in [5, 5.41) is 21.8. The van der Waals surface area contributed by atoms with E-state index in [9.17, 15) is 10.2 Å². The number of aliphatic hydroxyl groups excluding tert-OH is 1. The third kappa shape index (κ3) is 2.80.